The summed E-state index contributed by atoms with van der Waals surface area (Å²) in [6.45, 7) is 5.08. The van der Waals surface area contributed by atoms with Gasteiger partial charge in [-0.2, -0.15) is 0 Å². The van der Waals surface area contributed by atoms with Gasteiger partial charge in [0.2, 0.25) is 5.95 Å². The summed E-state index contributed by atoms with van der Waals surface area (Å²) >= 11 is 0. The van der Waals surface area contributed by atoms with Gasteiger partial charge in [0.15, 0.2) is 0 Å². The van der Waals surface area contributed by atoms with Crippen molar-refractivity contribution in [2.24, 2.45) is 0 Å². The van der Waals surface area contributed by atoms with Crippen molar-refractivity contribution in [2.45, 2.75) is 38.5 Å². The van der Waals surface area contributed by atoms with Crippen LogP contribution in [0.2, 0.25) is 0 Å². The van der Waals surface area contributed by atoms with Crippen LogP contribution in [0.4, 0.5) is 5.95 Å². The third-order valence-corrected chi connectivity index (χ3v) is 5.61. The molecule has 0 aliphatic carbocycles. The smallest absolute Gasteiger partial charge is 0.255 e. The van der Waals surface area contributed by atoms with Crippen molar-refractivity contribution in [3.63, 3.8) is 0 Å². The maximum atomic E-state index is 12.8. The van der Waals surface area contributed by atoms with Crippen LogP contribution in [0.3, 0.4) is 0 Å². The maximum Gasteiger partial charge on any atom is 0.255 e. The van der Waals surface area contributed by atoms with E-state index in [2.05, 4.69) is 23.8 Å². The van der Waals surface area contributed by atoms with Crippen LogP contribution in [0.1, 0.15) is 31.9 Å². The lowest BCUT2D eigenvalue weighted by Crippen LogP contribution is -2.53. The Labute approximate surface area is 174 Å². The number of anilines is 1. The number of aliphatic hydroxyl groups excluding tert-OH is 1. The average Bonchev–Trinajstić information content (AvgIpc) is 2.76. The van der Waals surface area contributed by atoms with E-state index in [9.17, 15) is 9.90 Å². The van der Waals surface area contributed by atoms with Crippen molar-refractivity contribution in [2.75, 3.05) is 18.6 Å². The number of ether oxygens (including phenoxy) is 1. The fraction of sp³-hybridized carbons (Fsp3) is 0.364. The Morgan fingerprint density at radius 1 is 1.20 bits per heavy atom. The molecular formula is C22H25N5O3. The lowest BCUT2D eigenvalue weighted by molar-refractivity contribution is 0.168. The summed E-state index contributed by atoms with van der Waals surface area (Å²) in [6, 6.07) is 10.6. The number of aliphatic hydroxyl groups is 1. The number of methoxy groups -OCH3 is 1. The first kappa shape index (κ1) is 20.0. The van der Waals surface area contributed by atoms with E-state index in [4.69, 9.17) is 9.72 Å². The molecule has 0 radical (unpaired) electrons. The number of benzene rings is 1. The van der Waals surface area contributed by atoms with Gasteiger partial charge < -0.3 is 14.7 Å². The molecule has 30 heavy (non-hydrogen) atoms. The van der Waals surface area contributed by atoms with Gasteiger partial charge in [0.05, 0.1) is 31.1 Å². The van der Waals surface area contributed by atoms with E-state index in [0.29, 0.717) is 30.4 Å². The fourth-order valence-corrected chi connectivity index (χ4v) is 3.71. The lowest BCUT2D eigenvalue weighted by Gasteiger charge is -2.45. The molecule has 4 rings (SSSR count). The Hall–Kier alpha value is -3.26. The van der Waals surface area contributed by atoms with Gasteiger partial charge in [-0.3, -0.25) is 9.36 Å². The van der Waals surface area contributed by atoms with Gasteiger partial charge in [0, 0.05) is 24.3 Å². The monoisotopic (exact) mass is 407 g/mol. The average molecular weight is 407 g/mol. The van der Waals surface area contributed by atoms with Crippen molar-refractivity contribution in [3.8, 4) is 17.1 Å². The van der Waals surface area contributed by atoms with E-state index in [1.54, 1.807) is 23.9 Å². The molecule has 0 saturated carbocycles. The molecule has 8 heteroatoms. The van der Waals surface area contributed by atoms with E-state index < -0.39 is 6.10 Å². The van der Waals surface area contributed by atoms with Crippen molar-refractivity contribution in [3.05, 3.63) is 64.8 Å². The Morgan fingerprint density at radius 3 is 2.63 bits per heavy atom. The molecule has 0 amide bonds. The number of nitrogens with zero attached hydrogens (tertiary/aromatic N) is 5. The summed E-state index contributed by atoms with van der Waals surface area (Å²) in [4.78, 5) is 27.7. The molecule has 0 saturated heterocycles. The molecule has 0 bridgehead atoms. The minimum Gasteiger partial charge on any atom is -0.497 e. The molecule has 3 aromatic rings. The first-order valence-electron chi connectivity index (χ1n) is 9.87. The van der Waals surface area contributed by atoms with Gasteiger partial charge >= 0.3 is 0 Å². The molecule has 156 valence electrons. The third-order valence-electron chi connectivity index (χ3n) is 5.61. The molecule has 1 atom stereocenters. The van der Waals surface area contributed by atoms with E-state index in [0.717, 1.165) is 17.7 Å². The van der Waals surface area contributed by atoms with E-state index in [1.165, 1.54) is 12.4 Å². The topological polar surface area (TPSA) is 93.4 Å². The molecule has 2 aromatic heterocycles. The molecule has 0 spiro atoms. The van der Waals surface area contributed by atoms with Gasteiger partial charge in [-0.25, -0.2) is 15.0 Å². The van der Waals surface area contributed by atoms with Crippen molar-refractivity contribution in [1.29, 1.82) is 0 Å². The van der Waals surface area contributed by atoms with E-state index >= 15 is 0 Å². The van der Waals surface area contributed by atoms with Gasteiger partial charge in [0.1, 0.15) is 12.1 Å². The molecule has 1 N–H and O–H groups in total. The first-order chi connectivity index (χ1) is 14.4. The summed E-state index contributed by atoms with van der Waals surface area (Å²) < 4.78 is 6.86. The zero-order chi connectivity index (χ0) is 21.3. The van der Waals surface area contributed by atoms with Crippen LogP contribution < -0.4 is 15.2 Å². The largest absolute Gasteiger partial charge is 0.497 e. The maximum absolute atomic E-state index is 12.8. The van der Waals surface area contributed by atoms with Gasteiger partial charge in [-0.1, -0.05) is 12.1 Å². The SMILES string of the molecule is COc1ccc(C(O)CN2c3nc(-c4ccncn4)cc(=O)n3CCC2(C)C)cc1. The Balaban J connectivity index is 1.72. The van der Waals surface area contributed by atoms with Gasteiger partial charge in [-0.15, -0.1) is 0 Å². The highest BCUT2D eigenvalue weighted by Crippen LogP contribution is 2.33. The van der Waals surface area contributed by atoms with E-state index in [-0.39, 0.29) is 11.1 Å². The second-order valence-electron chi connectivity index (χ2n) is 7.99. The van der Waals surface area contributed by atoms with E-state index in [1.807, 2.05) is 29.2 Å². The molecule has 1 aliphatic rings. The second-order valence-corrected chi connectivity index (χ2v) is 7.99. The molecule has 1 aromatic carbocycles. The Morgan fingerprint density at radius 2 is 1.97 bits per heavy atom. The van der Waals surface area contributed by atoms with Crippen molar-refractivity contribution < 1.29 is 9.84 Å². The number of hydrogen-bond acceptors (Lipinski definition) is 7. The molecule has 1 unspecified atom stereocenters. The molecule has 8 nitrogen and oxygen atoms in total. The number of fused-ring (bicyclic) bond motifs is 1. The minimum atomic E-state index is -0.749. The van der Waals surface area contributed by atoms with Crippen LogP contribution in [-0.2, 0) is 6.54 Å². The predicted octanol–water partition coefficient (Wildman–Crippen LogP) is 2.43. The number of hydrogen-bond donors (Lipinski definition) is 1. The van der Waals surface area contributed by atoms with Crippen molar-refractivity contribution in [1.82, 2.24) is 19.5 Å². The third kappa shape index (κ3) is 3.78. The Bertz CT molecular complexity index is 1080. The van der Waals surface area contributed by atoms with Crippen LogP contribution in [0.25, 0.3) is 11.4 Å². The summed E-state index contributed by atoms with van der Waals surface area (Å²) in [6.07, 6.45) is 3.07. The van der Waals surface area contributed by atoms with Crippen molar-refractivity contribution >= 4 is 5.95 Å². The highest BCUT2D eigenvalue weighted by Gasteiger charge is 2.36. The van der Waals surface area contributed by atoms with Crippen LogP contribution in [0.5, 0.6) is 5.75 Å². The number of aromatic nitrogens is 4. The second kappa shape index (κ2) is 7.87. The summed E-state index contributed by atoms with van der Waals surface area (Å²) in [5.74, 6) is 1.28. The lowest BCUT2D eigenvalue weighted by atomic mass is 9.95. The molecule has 3 heterocycles. The van der Waals surface area contributed by atoms with Crippen LogP contribution >= 0.6 is 0 Å². The predicted molar refractivity (Wildman–Crippen MR) is 114 cm³/mol. The first-order valence-corrected chi connectivity index (χ1v) is 9.87. The van der Waals surface area contributed by atoms with Crippen LogP contribution in [-0.4, -0.2) is 43.8 Å². The van der Waals surface area contributed by atoms with Gasteiger partial charge in [-0.05, 0) is 44.0 Å². The minimum absolute atomic E-state index is 0.131. The summed E-state index contributed by atoms with van der Waals surface area (Å²) in [7, 11) is 1.61. The quantitative estimate of drug-likeness (QED) is 0.694. The molecule has 1 aliphatic heterocycles. The normalized spacial score (nSPS) is 16.1. The fourth-order valence-electron chi connectivity index (χ4n) is 3.71. The standard InChI is InChI=1S/C22H25N5O3/c1-22(2)9-11-26-20(29)12-18(17-8-10-23-14-24-17)25-21(26)27(22)13-19(28)15-4-6-16(30-3)7-5-15/h4-8,10,12,14,19,28H,9,11,13H2,1-3H3. The Kier molecular flexibility index (Phi) is 5.26. The summed E-state index contributed by atoms with van der Waals surface area (Å²) in [5, 5.41) is 10.9. The van der Waals surface area contributed by atoms with Crippen LogP contribution in [0.15, 0.2) is 53.7 Å². The highest BCUT2D eigenvalue weighted by atomic mass is 16.5. The number of rotatable bonds is 5. The van der Waals surface area contributed by atoms with Crippen LogP contribution in [0, 0.1) is 0 Å². The number of β-amino-alcohol motifs (C(OH)–C–C–N with tert-alkyl or cyclic N) is 1. The highest BCUT2D eigenvalue weighted by molar-refractivity contribution is 5.56. The summed E-state index contributed by atoms with van der Waals surface area (Å²) in [5.41, 5.74) is 1.45. The zero-order valence-corrected chi connectivity index (χ0v) is 17.3. The molecular weight excluding hydrogens is 382 g/mol. The van der Waals surface area contributed by atoms with Gasteiger partial charge in [0.25, 0.3) is 5.56 Å². The zero-order valence-electron chi connectivity index (χ0n) is 17.3. The molecule has 0 fully saturated rings.